The van der Waals surface area contributed by atoms with Gasteiger partial charge in [0.25, 0.3) is 0 Å². The van der Waals surface area contributed by atoms with E-state index in [4.69, 9.17) is 3.07 Å². The second-order valence-corrected chi connectivity index (χ2v) is 7.33. The number of carbonyl (C=O) groups is 1. The second kappa shape index (κ2) is 3.92. The molecule has 2 nitrogen and oxygen atoms in total. The summed E-state index contributed by atoms with van der Waals surface area (Å²) in [5.74, 6) is 6.24. The summed E-state index contributed by atoms with van der Waals surface area (Å²) in [4.78, 5) is 11.4. The van der Waals surface area contributed by atoms with Gasteiger partial charge in [0.15, 0.2) is 0 Å². The highest BCUT2D eigenvalue weighted by Gasteiger charge is 2.65. The fourth-order valence-corrected chi connectivity index (χ4v) is 6.68. The molecule has 3 heteroatoms. The molecule has 0 spiro atoms. The maximum atomic E-state index is 11.4. The molecule has 0 aromatic rings. The van der Waals surface area contributed by atoms with E-state index in [1.54, 1.807) is 0 Å². The number of halogens is 1. The second-order valence-electron chi connectivity index (χ2n) is 6.70. The molecule has 4 rings (SSSR count). The quantitative estimate of drug-likeness (QED) is 0.446. The van der Waals surface area contributed by atoms with Crippen LogP contribution in [0.3, 0.4) is 0 Å². The summed E-state index contributed by atoms with van der Waals surface area (Å²) in [5, 5.41) is 0. The summed E-state index contributed by atoms with van der Waals surface area (Å²) in [6, 6.07) is 0. The Morgan fingerprint density at radius 2 is 1.82 bits per heavy atom. The van der Waals surface area contributed by atoms with Gasteiger partial charge in [-0.25, -0.2) is 0 Å². The number of hydrogen-bond acceptors (Lipinski definition) is 2. The molecule has 0 heterocycles. The van der Waals surface area contributed by atoms with Gasteiger partial charge in [0.1, 0.15) is 29.3 Å². The molecule has 0 N–H and O–H groups in total. The van der Waals surface area contributed by atoms with Crippen molar-refractivity contribution in [2.45, 2.75) is 25.7 Å². The van der Waals surface area contributed by atoms with Crippen molar-refractivity contribution in [2.75, 3.05) is 6.61 Å². The molecule has 94 valence electrons. The molecule has 0 amide bonds. The van der Waals surface area contributed by atoms with E-state index in [9.17, 15) is 4.79 Å². The summed E-state index contributed by atoms with van der Waals surface area (Å²) >= 11 is 1.99. The van der Waals surface area contributed by atoms with Gasteiger partial charge in [-0.3, -0.25) is 0 Å². The highest BCUT2D eigenvalue weighted by atomic mass is 127. The normalized spacial score (nSPS) is 58.6. The van der Waals surface area contributed by atoms with Gasteiger partial charge >= 0.3 is 0 Å². The molecule has 17 heavy (non-hydrogen) atoms. The van der Waals surface area contributed by atoms with E-state index in [1.807, 2.05) is 23.0 Å². The van der Waals surface area contributed by atoms with E-state index in [0.717, 1.165) is 36.2 Å². The van der Waals surface area contributed by atoms with E-state index in [-0.39, 0.29) is 0 Å². The smallest absolute Gasteiger partial charge is 0.123 e. The topological polar surface area (TPSA) is 26.3 Å². The first-order valence-electron chi connectivity index (χ1n) is 7.04. The van der Waals surface area contributed by atoms with Crippen molar-refractivity contribution < 1.29 is 7.86 Å². The first-order chi connectivity index (χ1) is 8.35. The summed E-state index contributed by atoms with van der Waals surface area (Å²) < 4.78 is 5.35. The lowest BCUT2D eigenvalue weighted by molar-refractivity contribution is -0.116. The van der Waals surface area contributed by atoms with E-state index in [2.05, 4.69) is 0 Å². The molecule has 0 aromatic heterocycles. The Morgan fingerprint density at radius 3 is 2.47 bits per heavy atom. The predicted molar refractivity (Wildman–Crippen MR) is 72.4 cm³/mol. The summed E-state index contributed by atoms with van der Waals surface area (Å²) in [5.41, 5.74) is 0. The third kappa shape index (κ3) is 1.33. The van der Waals surface area contributed by atoms with Crippen molar-refractivity contribution in [1.82, 2.24) is 0 Å². The Hall–Kier alpha value is 0.360. The number of fused-ring (bicyclic) bond motifs is 9. The molecule has 4 aliphatic carbocycles. The molecule has 0 saturated heterocycles. The lowest BCUT2D eigenvalue weighted by Crippen LogP contribution is -2.40. The van der Waals surface area contributed by atoms with Crippen molar-refractivity contribution in [3.05, 3.63) is 0 Å². The average molecular weight is 346 g/mol. The SMILES string of the molecule is O=CC1C(COI)C2CC1C1C3CCC(C3)C21. The lowest BCUT2D eigenvalue weighted by Gasteiger charge is -2.41. The van der Waals surface area contributed by atoms with E-state index >= 15 is 0 Å². The zero-order valence-electron chi connectivity index (χ0n) is 9.93. The van der Waals surface area contributed by atoms with E-state index in [1.165, 1.54) is 32.0 Å². The highest BCUT2D eigenvalue weighted by Crippen LogP contribution is 2.70. The minimum Gasteiger partial charge on any atom is -0.315 e. The number of aldehydes is 1. The number of rotatable bonds is 3. The van der Waals surface area contributed by atoms with Crippen molar-refractivity contribution in [3.8, 4) is 0 Å². The summed E-state index contributed by atoms with van der Waals surface area (Å²) in [6.07, 6.45) is 6.99. The Labute approximate surface area is 117 Å². The van der Waals surface area contributed by atoms with Crippen molar-refractivity contribution in [1.29, 1.82) is 0 Å². The summed E-state index contributed by atoms with van der Waals surface area (Å²) in [6.45, 7) is 0.797. The average Bonchev–Trinajstić information content (AvgIpc) is 3.06. The Morgan fingerprint density at radius 1 is 1.12 bits per heavy atom. The Bertz CT molecular complexity index is 345. The van der Waals surface area contributed by atoms with Gasteiger partial charge in [0, 0.05) is 5.92 Å². The summed E-state index contributed by atoms with van der Waals surface area (Å²) in [7, 11) is 0. The maximum Gasteiger partial charge on any atom is 0.123 e. The third-order valence-corrected chi connectivity index (χ3v) is 6.89. The highest BCUT2D eigenvalue weighted by molar-refractivity contribution is 14.1. The molecule has 4 aliphatic rings. The van der Waals surface area contributed by atoms with Crippen LogP contribution >= 0.6 is 23.0 Å². The molecule has 4 fully saturated rings. The molecule has 8 atom stereocenters. The van der Waals surface area contributed by atoms with Crippen LogP contribution < -0.4 is 0 Å². The van der Waals surface area contributed by atoms with E-state index in [0.29, 0.717) is 17.8 Å². The van der Waals surface area contributed by atoms with Gasteiger partial charge in [0.05, 0.1) is 6.61 Å². The zero-order valence-corrected chi connectivity index (χ0v) is 12.1. The number of hydrogen-bond donors (Lipinski definition) is 0. The van der Waals surface area contributed by atoms with Gasteiger partial charge in [-0.05, 0) is 67.1 Å². The van der Waals surface area contributed by atoms with Crippen LogP contribution in [0.15, 0.2) is 0 Å². The van der Waals surface area contributed by atoms with Gasteiger partial charge in [-0.1, -0.05) is 0 Å². The van der Waals surface area contributed by atoms with Crippen LogP contribution in [0, 0.1) is 47.3 Å². The molecule has 0 aliphatic heterocycles. The van der Waals surface area contributed by atoms with Crippen LogP contribution in [0.25, 0.3) is 0 Å². The minimum atomic E-state index is 0.315. The first kappa shape index (κ1) is 11.2. The third-order valence-electron chi connectivity index (χ3n) is 6.53. The zero-order chi connectivity index (χ0) is 11.6. The Kier molecular flexibility index (Phi) is 2.59. The van der Waals surface area contributed by atoms with Gasteiger partial charge in [0.2, 0.25) is 0 Å². The van der Waals surface area contributed by atoms with Crippen LogP contribution in [-0.2, 0) is 7.86 Å². The van der Waals surface area contributed by atoms with Crippen molar-refractivity contribution >= 4 is 29.3 Å². The first-order valence-corrected chi connectivity index (χ1v) is 7.92. The van der Waals surface area contributed by atoms with Crippen LogP contribution in [0.5, 0.6) is 0 Å². The standard InChI is InChI=1S/C14H19IO2/c15-17-6-12-10-4-9(11(12)5-16)13-7-1-2-8(3-7)14(10)13/h5,7-14H,1-4,6H2. The van der Waals surface area contributed by atoms with Gasteiger partial charge < -0.3 is 7.86 Å². The number of carbonyl (C=O) groups excluding carboxylic acids is 1. The molecule has 0 radical (unpaired) electrons. The molecule has 4 saturated carbocycles. The maximum absolute atomic E-state index is 11.4. The molecule has 0 aromatic carbocycles. The minimum absolute atomic E-state index is 0.315. The molecular weight excluding hydrogens is 327 g/mol. The van der Waals surface area contributed by atoms with Gasteiger partial charge in [-0.15, -0.1) is 0 Å². The molecule has 4 bridgehead atoms. The van der Waals surface area contributed by atoms with Gasteiger partial charge in [-0.2, -0.15) is 0 Å². The van der Waals surface area contributed by atoms with Crippen LogP contribution in [0.1, 0.15) is 25.7 Å². The van der Waals surface area contributed by atoms with E-state index < -0.39 is 0 Å². The van der Waals surface area contributed by atoms with Crippen molar-refractivity contribution in [2.24, 2.45) is 47.3 Å². The van der Waals surface area contributed by atoms with Crippen LogP contribution in [-0.4, -0.2) is 12.9 Å². The molecular formula is C14H19IO2. The monoisotopic (exact) mass is 346 g/mol. The molecule has 8 unspecified atom stereocenters. The Balaban J connectivity index is 1.66. The van der Waals surface area contributed by atoms with Crippen molar-refractivity contribution in [3.63, 3.8) is 0 Å². The van der Waals surface area contributed by atoms with Crippen LogP contribution in [0.2, 0.25) is 0 Å². The predicted octanol–water partition coefficient (Wildman–Crippen LogP) is 3.10. The van der Waals surface area contributed by atoms with Crippen LogP contribution in [0.4, 0.5) is 0 Å². The largest absolute Gasteiger partial charge is 0.315 e. The fraction of sp³-hybridized carbons (Fsp3) is 0.929. The lowest BCUT2D eigenvalue weighted by atomic mass is 9.64. The fourth-order valence-electron chi connectivity index (χ4n) is 6.27.